The molecule has 1 fully saturated rings. The summed E-state index contributed by atoms with van der Waals surface area (Å²) in [6, 6.07) is 8.13. The molecule has 2 nitrogen and oxygen atoms in total. The van der Waals surface area contributed by atoms with E-state index in [9.17, 15) is 4.79 Å². The van der Waals surface area contributed by atoms with Crippen molar-refractivity contribution in [1.82, 2.24) is 0 Å². The normalized spacial score (nSPS) is 18.1. The molecule has 1 aliphatic rings. The first-order chi connectivity index (χ1) is 7.07. The van der Waals surface area contributed by atoms with Gasteiger partial charge in [-0.25, -0.2) is 0 Å². The highest BCUT2D eigenvalue weighted by atomic mass is 79.9. The van der Waals surface area contributed by atoms with Gasteiger partial charge in [-0.3, -0.25) is 4.79 Å². The van der Waals surface area contributed by atoms with E-state index in [1.54, 1.807) is 0 Å². The van der Waals surface area contributed by atoms with E-state index in [1.165, 1.54) is 0 Å². The summed E-state index contributed by atoms with van der Waals surface area (Å²) >= 11 is 3.44. The summed E-state index contributed by atoms with van der Waals surface area (Å²) in [6.07, 6.45) is 0.720. The Balaban J connectivity index is 2.42. The number of nitrogens with zero attached hydrogens (tertiary/aromatic N) is 1. The number of Topliss-reactive ketones (excluding diaryl/α,β-unsaturated/α-hetero) is 1. The summed E-state index contributed by atoms with van der Waals surface area (Å²) in [6.45, 7) is 2.00. The van der Waals surface area contributed by atoms with E-state index in [1.807, 2.05) is 25.1 Å². The molecule has 1 aliphatic carbocycles. The second-order valence-electron chi connectivity index (χ2n) is 4.05. The lowest BCUT2D eigenvalue weighted by molar-refractivity contribution is -0.126. The van der Waals surface area contributed by atoms with Crippen molar-refractivity contribution < 1.29 is 4.79 Å². The molecule has 0 unspecified atom stereocenters. The Morgan fingerprint density at radius 2 is 2.13 bits per heavy atom. The van der Waals surface area contributed by atoms with Gasteiger partial charge in [0.2, 0.25) is 0 Å². The van der Waals surface area contributed by atoms with Crippen LogP contribution in [0.15, 0.2) is 22.7 Å². The van der Waals surface area contributed by atoms with Gasteiger partial charge in [-0.15, -0.1) is 0 Å². The molecule has 0 aliphatic heterocycles. The maximum absolute atomic E-state index is 11.0. The van der Waals surface area contributed by atoms with Gasteiger partial charge in [0.25, 0.3) is 0 Å². The number of aryl methyl sites for hydroxylation is 1. The van der Waals surface area contributed by atoms with Crippen molar-refractivity contribution in [2.75, 3.05) is 0 Å². The standard InChI is InChI=1S/C12H10BrNO/c1-8-2-3-9(4-11(8)13)12(7-14)5-10(15)6-12/h2-4H,5-6H2,1H3. The lowest BCUT2D eigenvalue weighted by atomic mass is 9.65. The van der Waals surface area contributed by atoms with Crippen LogP contribution in [-0.4, -0.2) is 5.78 Å². The molecule has 1 aromatic carbocycles. The fourth-order valence-electron chi connectivity index (χ4n) is 1.86. The second-order valence-corrected chi connectivity index (χ2v) is 4.90. The molecule has 0 N–H and O–H groups in total. The number of carbonyl (C=O) groups is 1. The van der Waals surface area contributed by atoms with Gasteiger partial charge in [-0.2, -0.15) is 5.26 Å². The summed E-state index contributed by atoms with van der Waals surface area (Å²) in [5.74, 6) is 0.174. The Hall–Kier alpha value is -1.14. The van der Waals surface area contributed by atoms with Crippen LogP contribution in [0.2, 0.25) is 0 Å². The van der Waals surface area contributed by atoms with Crippen molar-refractivity contribution in [3.8, 4) is 6.07 Å². The molecule has 0 bridgehead atoms. The second kappa shape index (κ2) is 3.46. The third-order valence-corrected chi connectivity index (χ3v) is 3.79. The average Bonchev–Trinajstić information content (AvgIpc) is 2.17. The van der Waals surface area contributed by atoms with Crippen LogP contribution in [-0.2, 0) is 10.2 Å². The molecule has 3 heteroatoms. The Morgan fingerprint density at radius 3 is 2.60 bits per heavy atom. The molecule has 0 amide bonds. The number of benzene rings is 1. The zero-order valence-corrected chi connectivity index (χ0v) is 9.97. The Labute approximate surface area is 97.0 Å². The van der Waals surface area contributed by atoms with Crippen LogP contribution in [0.1, 0.15) is 24.0 Å². The highest BCUT2D eigenvalue weighted by molar-refractivity contribution is 9.10. The largest absolute Gasteiger partial charge is 0.300 e. The number of hydrogen-bond acceptors (Lipinski definition) is 2. The van der Waals surface area contributed by atoms with Crippen molar-refractivity contribution in [1.29, 1.82) is 5.26 Å². The molecule has 0 aromatic heterocycles. The number of carbonyl (C=O) groups excluding carboxylic acids is 1. The number of rotatable bonds is 1. The highest BCUT2D eigenvalue weighted by Gasteiger charge is 2.45. The van der Waals surface area contributed by atoms with E-state index in [0.29, 0.717) is 12.8 Å². The van der Waals surface area contributed by atoms with Crippen LogP contribution < -0.4 is 0 Å². The van der Waals surface area contributed by atoms with Crippen LogP contribution in [0.5, 0.6) is 0 Å². The van der Waals surface area contributed by atoms with E-state index in [-0.39, 0.29) is 5.78 Å². The molecular weight excluding hydrogens is 254 g/mol. The van der Waals surface area contributed by atoms with E-state index in [4.69, 9.17) is 5.26 Å². The minimum Gasteiger partial charge on any atom is -0.300 e. The van der Waals surface area contributed by atoms with Gasteiger partial charge in [0.15, 0.2) is 0 Å². The zero-order chi connectivity index (χ0) is 11.1. The van der Waals surface area contributed by atoms with Gasteiger partial charge in [-0.1, -0.05) is 28.1 Å². The summed E-state index contributed by atoms with van der Waals surface area (Å²) in [4.78, 5) is 11.0. The molecule has 0 radical (unpaired) electrons. The molecule has 1 saturated carbocycles. The molecule has 0 saturated heterocycles. The highest BCUT2D eigenvalue weighted by Crippen LogP contribution is 2.41. The van der Waals surface area contributed by atoms with Gasteiger partial charge < -0.3 is 0 Å². The molecule has 76 valence electrons. The SMILES string of the molecule is Cc1ccc(C2(C#N)CC(=O)C2)cc1Br. The maximum Gasteiger partial charge on any atom is 0.136 e. The van der Waals surface area contributed by atoms with Crippen molar-refractivity contribution in [3.05, 3.63) is 33.8 Å². The van der Waals surface area contributed by atoms with Crippen molar-refractivity contribution in [3.63, 3.8) is 0 Å². The summed E-state index contributed by atoms with van der Waals surface area (Å²) in [5.41, 5.74) is 1.52. The lowest BCUT2D eigenvalue weighted by Crippen LogP contribution is -2.40. The quantitative estimate of drug-likeness (QED) is 0.782. The van der Waals surface area contributed by atoms with Crippen LogP contribution in [0.3, 0.4) is 0 Å². The predicted octanol–water partition coefficient (Wildman–Crippen LogP) is 2.88. The van der Waals surface area contributed by atoms with Gasteiger partial charge >= 0.3 is 0 Å². The van der Waals surface area contributed by atoms with Crippen LogP contribution in [0.25, 0.3) is 0 Å². The van der Waals surface area contributed by atoms with E-state index in [0.717, 1.165) is 15.6 Å². The fourth-order valence-corrected chi connectivity index (χ4v) is 2.24. The van der Waals surface area contributed by atoms with Gasteiger partial charge in [0.05, 0.1) is 11.5 Å². The van der Waals surface area contributed by atoms with Crippen molar-refractivity contribution in [2.24, 2.45) is 0 Å². The summed E-state index contributed by atoms with van der Waals surface area (Å²) in [5, 5.41) is 9.15. The maximum atomic E-state index is 11.0. The fraction of sp³-hybridized carbons (Fsp3) is 0.333. The molecule has 1 aromatic rings. The minimum absolute atomic E-state index is 0.174. The molecule has 0 heterocycles. The predicted molar refractivity (Wildman–Crippen MR) is 60.4 cm³/mol. The van der Waals surface area contributed by atoms with Gasteiger partial charge in [0.1, 0.15) is 5.78 Å². The Kier molecular flexibility index (Phi) is 2.40. The third-order valence-electron chi connectivity index (χ3n) is 2.94. The molecule has 0 spiro atoms. The number of halogens is 1. The van der Waals surface area contributed by atoms with Crippen LogP contribution in [0, 0.1) is 18.3 Å². The summed E-state index contributed by atoms with van der Waals surface area (Å²) in [7, 11) is 0. The van der Waals surface area contributed by atoms with E-state index >= 15 is 0 Å². The van der Waals surface area contributed by atoms with Gasteiger partial charge in [-0.05, 0) is 24.1 Å². The molecule has 2 rings (SSSR count). The van der Waals surface area contributed by atoms with E-state index in [2.05, 4.69) is 22.0 Å². The van der Waals surface area contributed by atoms with Gasteiger partial charge in [0, 0.05) is 17.3 Å². The molecule has 0 atom stereocenters. The molecule has 15 heavy (non-hydrogen) atoms. The smallest absolute Gasteiger partial charge is 0.136 e. The Morgan fingerprint density at radius 1 is 1.47 bits per heavy atom. The zero-order valence-electron chi connectivity index (χ0n) is 8.38. The monoisotopic (exact) mass is 263 g/mol. The Bertz CT molecular complexity index is 465. The number of ketones is 1. The van der Waals surface area contributed by atoms with Crippen molar-refractivity contribution in [2.45, 2.75) is 25.2 Å². The first-order valence-electron chi connectivity index (χ1n) is 4.77. The molecular formula is C12H10BrNO. The topological polar surface area (TPSA) is 40.9 Å². The average molecular weight is 264 g/mol. The van der Waals surface area contributed by atoms with Crippen LogP contribution >= 0.6 is 15.9 Å². The van der Waals surface area contributed by atoms with Crippen LogP contribution in [0.4, 0.5) is 0 Å². The number of hydrogen-bond donors (Lipinski definition) is 0. The van der Waals surface area contributed by atoms with Crippen molar-refractivity contribution >= 4 is 21.7 Å². The number of nitriles is 1. The lowest BCUT2D eigenvalue weighted by Gasteiger charge is -2.34. The summed E-state index contributed by atoms with van der Waals surface area (Å²) < 4.78 is 0.994. The third kappa shape index (κ3) is 1.59. The minimum atomic E-state index is -0.562. The first kappa shape index (κ1) is 10.4. The van der Waals surface area contributed by atoms with E-state index < -0.39 is 5.41 Å². The first-order valence-corrected chi connectivity index (χ1v) is 5.56.